The van der Waals surface area contributed by atoms with E-state index in [1.54, 1.807) is 0 Å². The van der Waals surface area contributed by atoms with E-state index in [2.05, 4.69) is 0 Å². The molecule has 82 valence electrons. The summed E-state index contributed by atoms with van der Waals surface area (Å²) in [4.78, 5) is 0. The highest BCUT2D eigenvalue weighted by Crippen LogP contribution is 2.18. The molecule has 0 bridgehead atoms. The van der Waals surface area contributed by atoms with Gasteiger partial charge in [0, 0.05) is 0 Å². The van der Waals surface area contributed by atoms with E-state index in [9.17, 15) is 0 Å². The number of ether oxygens (including phenoxy) is 1. The van der Waals surface area contributed by atoms with E-state index >= 15 is 0 Å². The van der Waals surface area contributed by atoms with Crippen LogP contribution >= 0.6 is 0 Å². The lowest BCUT2D eigenvalue weighted by atomic mass is 10.3. The molecule has 2 heteroatoms. The first-order valence-electron chi connectivity index (χ1n) is 5.32. The molecule has 2 N–H and O–H groups in total. The first kappa shape index (κ1) is 15.3. The van der Waals surface area contributed by atoms with Gasteiger partial charge in [-0.3, -0.25) is 0 Å². The molecule has 0 fully saturated rings. The fraction of sp³-hybridized carbons (Fsp3) is 0.500. The van der Waals surface area contributed by atoms with Crippen LogP contribution in [0.1, 0.15) is 34.6 Å². The van der Waals surface area contributed by atoms with Crippen LogP contribution in [-0.2, 0) is 0 Å². The largest absolute Gasteiger partial charge is 0.492 e. The van der Waals surface area contributed by atoms with Gasteiger partial charge in [-0.2, -0.15) is 0 Å². The van der Waals surface area contributed by atoms with Gasteiger partial charge < -0.3 is 10.5 Å². The topological polar surface area (TPSA) is 35.2 Å². The molecule has 0 saturated carbocycles. The standard InChI is InChI=1S/C8H11NO.2C2H6/c1-2-10-8-6-4-3-5-7(8)9;2*1-2/h3-6H,2,9H2,1H3;2*1-2H3. The predicted octanol–water partition coefficient (Wildman–Crippen LogP) is 3.72. The number of rotatable bonds is 2. The Hall–Kier alpha value is -1.18. The smallest absolute Gasteiger partial charge is 0.142 e. The average molecular weight is 197 g/mol. The van der Waals surface area contributed by atoms with Crippen molar-refractivity contribution in [1.29, 1.82) is 0 Å². The molecule has 14 heavy (non-hydrogen) atoms. The van der Waals surface area contributed by atoms with Gasteiger partial charge in [0.2, 0.25) is 0 Å². The first-order chi connectivity index (χ1) is 6.84. The highest BCUT2D eigenvalue weighted by Gasteiger charge is 1.93. The van der Waals surface area contributed by atoms with Crippen LogP contribution in [0.3, 0.4) is 0 Å². The number of nitrogen functional groups attached to an aromatic ring is 1. The molecule has 0 radical (unpaired) electrons. The predicted molar refractivity (Wildman–Crippen MR) is 64.7 cm³/mol. The Morgan fingerprint density at radius 1 is 1.07 bits per heavy atom. The molecule has 0 aliphatic heterocycles. The van der Waals surface area contributed by atoms with E-state index in [0.29, 0.717) is 12.3 Å². The number of para-hydroxylation sites is 2. The lowest BCUT2D eigenvalue weighted by Crippen LogP contribution is -1.95. The molecule has 0 amide bonds. The lowest BCUT2D eigenvalue weighted by molar-refractivity contribution is 0.342. The van der Waals surface area contributed by atoms with Gasteiger partial charge in [0.15, 0.2) is 0 Å². The van der Waals surface area contributed by atoms with Crippen LogP contribution in [-0.4, -0.2) is 6.61 Å². The van der Waals surface area contributed by atoms with Crippen molar-refractivity contribution in [2.24, 2.45) is 0 Å². The van der Waals surface area contributed by atoms with Crippen molar-refractivity contribution in [2.75, 3.05) is 12.3 Å². The van der Waals surface area contributed by atoms with Crippen molar-refractivity contribution < 1.29 is 4.74 Å². The maximum atomic E-state index is 5.58. The van der Waals surface area contributed by atoms with E-state index in [4.69, 9.17) is 10.5 Å². The monoisotopic (exact) mass is 197 g/mol. The van der Waals surface area contributed by atoms with Gasteiger partial charge >= 0.3 is 0 Å². The Balaban J connectivity index is 0. The Bertz CT molecular complexity index is 211. The molecule has 0 saturated heterocycles. The van der Waals surface area contributed by atoms with E-state index in [1.165, 1.54) is 0 Å². The molecule has 0 unspecified atom stereocenters. The van der Waals surface area contributed by atoms with Crippen molar-refractivity contribution in [1.82, 2.24) is 0 Å². The van der Waals surface area contributed by atoms with Crippen molar-refractivity contribution in [3.05, 3.63) is 24.3 Å². The minimum atomic E-state index is 0.661. The SMILES string of the molecule is CC.CC.CCOc1ccccc1N. The maximum Gasteiger partial charge on any atom is 0.142 e. The van der Waals surface area contributed by atoms with Crippen molar-refractivity contribution in [3.63, 3.8) is 0 Å². The van der Waals surface area contributed by atoms with Gasteiger partial charge in [0.25, 0.3) is 0 Å². The number of hydrogen-bond acceptors (Lipinski definition) is 2. The van der Waals surface area contributed by atoms with Gasteiger partial charge in [0.1, 0.15) is 5.75 Å². The van der Waals surface area contributed by atoms with Crippen LogP contribution in [0.2, 0.25) is 0 Å². The zero-order valence-electron chi connectivity index (χ0n) is 10.0. The van der Waals surface area contributed by atoms with Gasteiger partial charge in [-0.1, -0.05) is 39.8 Å². The summed E-state index contributed by atoms with van der Waals surface area (Å²) in [6, 6.07) is 7.48. The molecular weight excluding hydrogens is 174 g/mol. The van der Waals surface area contributed by atoms with Crippen molar-refractivity contribution >= 4 is 5.69 Å². The van der Waals surface area contributed by atoms with Crippen molar-refractivity contribution in [2.45, 2.75) is 34.6 Å². The fourth-order valence-corrected chi connectivity index (χ4v) is 0.767. The quantitative estimate of drug-likeness (QED) is 0.733. The molecule has 2 nitrogen and oxygen atoms in total. The number of anilines is 1. The first-order valence-corrected chi connectivity index (χ1v) is 5.32. The van der Waals surface area contributed by atoms with Gasteiger partial charge in [-0.15, -0.1) is 0 Å². The third-order valence-corrected chi connectivity index (χ3v) is 1.22. The molecule has 1 aromatic rings. The molecule has 0 heterocycles. The number of hydrogen-bond donors (Lipinski definition) is 1. The summed E-state index contributed by atoms with van der Waals surface area (Å²) in [5.41, 5.74) is 6.28. The minimum absolute atomic E-state index is 0.661. The minimum Gasteiger partial charge on any atom is -0.492 e. The van der Waals surface area contributed by atoms with E-state index in [-0.39, 0.29) is 0 Å². The summed E-state index contributed by atoms with van der Waals surface area (Å²) in [5, 5.41) is 0. The summed E-state index contributed by atoms with van der Waals surface area (Å²) in [6.45, 7) is 10.6. The third kappa shape index (κ3) is 6.35. The Labute approximate surface area is 88.1 Å². The van der Waals surface area contributed by atoms with E-state index in [0.717, 1.165) is 5.75 Å². The summed E-state index contributed by atoms with van der Waals surface area (Å²) >= 11 is 0. The summed E-state index contributed by atoms with van der Waals surface area (Å²) in [6.07, 6.45) is 0. The van der Waals surface area contributed by atoms with Gasteiger partial charge in [0.05, 0.1) is 12.3 Å². The zero-order chi connectivity index (χ0) is 11.4. The second kappa shape index (κ2) is 11.8. The summed E-state index contributed by atoms with van der Waals surface area (Å²) < 4.78 is 5.21. The molecule has 0 spiro atoms. The highest BCUT2D eigenvalue weighted by atomic mass is 16.5. The van der Waals surface area contributed by atoms with Crippen LogP contribution in [0, 0.1) is 0 Å². The normalized spacial score (nSPS) is 7.50. The highest BCUT2D eigenvalue weighted by molar-refractivity contribution is 5.51. The Kier molecular flexibility index (Phi) is 12.9. The second-order valence-corrected chi connectivity index (χ2v) is 1.97. The summed E-state index contributed by atoms with van der Waals surface area (Å²) in [5.74, 6) is 0.769. The zero-order valence-corrected chi connectivity index (χ0v) is 10.0. The number of benzene rings is 1. The van der Waals surface area contributed by atoms with Crippen LogP contribution in [0.25, 0.3) is 0 Å². The molecule has 0 aromatic heterocycles. The molecule has 0 atom stereocenters. The van der Waals surface area contributed by atoms with Crippen molar-refractivity contribution in [3.8, 4) is 5.75 Å². The molecule has 0 aliphatic carbocycles. The molecule has 0 aliphatic rings. The van der Waals surface area contributed by atoms with Crippen LogP contribution in [0.15, 0.2) is 24.3 Å². The fourth-order valence-electron chi connectivity index (χ4n) is 0.767. The number of nitrogens with two attached hydrogens (primary N) is 1. The van der Waals surface area contributed by atoms with E-state index in [1.807, 2.05) is 58.9 Å². The third-order valence-electron chi connectivity index (χ3n) is 1.22. The van der Waals surface area contributed by atoms with Gasteiger partial charge in [-0.25, -0.2) is 0 Å². The van der Waals surface area contributed by atoms with E-state index < -0.39 is 0 Å². The average Bonchev–Trinajstić information content (AvgIpc) is 2.28. The molecule has 1 rings (SSSR count). The van der Waals surface area contributed by atoms with Crippen LogP contribution < -0.4 is 10.5 Å². The Morgan fingerprint density at radius 2 is 1.57 bits per heavy atom. The second-order valence-electron chi connectivity index (χ2n) is 1.97. The van der Waals surface area contributed by atoms with Crippen LogP contribution in [0.5, 0.6) is 5.75 Å². The molecule has 1 aromatic carbocycles. The molecular formula is C12H23NO. The lowest BCUT2D eigenvalue weighted by Gasteiger charge is -2.04. The summed E-state index contributed by atoms with van der Waals surface area (Å²) in [7, 11) is 0. The van der Waals surface area contributed by atoms with Gasteiger partial charge in [-0.05, 0) is 19.1 Å². The van der Waals surface area contributed by atoms with Crippen LogP contribution in [0.4, 0.5) is 5.69 Å². The Morgan fingerprint density at radius 3 is 2.00 bits per heavy atom. The maximum absolute atomic E-state index is 5.58.